The molecule has 23 heavy (non-hydrogen) atoms. The van der Waals surface area contributed by atoms with E-state index < -0.39 is 0 Å². The van der Waals surface area contributed by atoms with Gasteiger partial charge in [0.15, 0.2) is 0 Å². The lowest BCUT2D eigenvalue weighted by Gasteiger charge is -2.06. The fourth-order valence-corrected chi connectivity index (χ4v) is 3.48. The molecular formula is C19H25N3O. The third-order valence-corrected chi connectivity index (χ3v) is 5.01. The van der Waals surface area contributed by atoms with Crippen LogP contribution in [0.5, 0.6) is 0 Å². The molecule has 0 radical (unpaired) electrons. The molecular weight excluding hydrogens is 286 g/mol. The van der Waals surface area contributed by atoms with Gasteiger partial charge in [0.2, 0.25) is 5.91 Å². The Kier molecular flexibility index (Phi) is 3.78. The number of amides is 1. The minimum absolute atomic E-state index is 0.0493. The average molecular weight is 311 g/mol. The standard InChI is InChI=1S/C19H25N3O/c1-12(2)10-13-17(19(13,3)4)18(23)20-11-16-21-14-8-6-7-9-15(14)22(16)5/h6-10,13,17H,11H2,1-5H3,(H,20,23). The van der Waals surface area contributed by atoms with Gasteiger partial charge in [0.05, 0.1) is 23.5 Å². The van der Waals surface area contributed by atoms with Gasteiger partial charge in [0.25, 0.3) is 0 Å². The second kappa shape index (κ2) is 5.52. The lowest BCUT2D eigenvalue weighted by atomic mass is 10.1. The van der Waals surface area contributed by atoms with Crippen LogP contribution in [0.1, 0.15) is 33.5 Å². The number of aromatic nitrogens is 2. The highest BCUT2D eigenvalue weighted by Crippen LogP contribution is 2.59. The molecule has 1 amide bonds. The molecule has 0 spiro atoms. The summed E-state index contributed by atoms with van der Waals surface area (Å²) in [6.07, 6.45) is 2.22. The van der Waals surface area contributed by atoms with Crippen molar-refractivity contribution in [3.63, 3.8) is 0 Å². The Hall–Kier alpha value is -2.10. The molecule has 4 heteroatoms. The molecule has 0 saturated heterocycles. The van der Waals surface area contributed by atoms with Crippen LogP contribution in [0, 0.1) is 17.3 Å². The van der Waals surface area contributed by atoms with Crippen molar-refractivity contribution in [2.75, 3.05) is 0 Å². The summed E-state index contributed by atoms with van der Waals surface area (Å²) in [5, 5.41) is 3.07. The van der Waals surface area contributed by atoms with E-state index in [2.05, 4.69) is 44.1 Å². The molecule has 1 aromatic carbocycles. The van der Waals surface area contributed by atoms with E-state index >= 15 is 0 Å². The molecule has 3 rings (SSSR count). The molecule has 1 aliphatic rings. The molecule has 1 aliphatic carbocycles. The van der Waals surface area contributed by atoms with E-state index in [0.29, 0.717) is 12.5 Å². The van der Waals surface area contributed by atoms with Crippen LogP contribution in [0.15, 0.2) is 35.9 Å². The van der Waals surface area contributed by atoms with E-state index in [0.717, 1.165) is 16.9 Å². The van der Waals surface area contributed by atoms with Crippen molar-refractivity contribution in [3.05, 3.63) is 41.7 Å². The topological polar surface area (TPSA) is 46.9 Å². The third kappa shape index (κ3) is 2.78. The predicted molar refractivity (Wildman–Crippen MR) is 92.8 cm³/mol. The van der Waals surface area contributed by atoms with Gasteiger partial charge < -0.3 is 9.88 Å². The first-order valence-electron chi connectivity index (χ1n) is 8.15. The van der Waals surface area contributed by atoms with Gasteiger partial charge in [-0.15, -0.1) is 0 Å². The zero-order chi connectivity index (χ0) is 16.8. The van der Waals surface area contributed by atoms with Gasteiger partial charge in [-0.05, 0) is 37.3 Å². The second-order valence-electron chi connectivity index (χ2n) is 7.36. The van der Waals surface area contributed by atoms with Gasteiger partial charge in [-0.25, -0.2) is 4.98 Å². The van der Waals surface area contributed by atoms with Gasteiger partial charge in [-0.2, -0.15) is 0 Å². The summed E-state index contributed by atoms with van der Waals surface area (Å²) in [6.45, 7) is 8.97. The Morgan fingerprint density at radius 2 is 2.04 bits per heavy atom. The van der Waals surface area contributed by atoms with Crippen molar-refractivity contribution in [2.24, 2.45) is 24.3 Å². The molecule has 1 fully saturated rings. The molecule has 1 N–H and O–H groups in total. The van der Waals surface area contributed by atoms with Gasteiger partial charge in [-0.1, -0.05) is 37.6 Å². The van der Waals surface area contributed by atoms with E-state index in [-0.39, 0.29) is 17.2 Å². The predicted octanol–water partition coefficient (Wildman–Crippen LogP) is 3.43. The molecule has 2 aromatic rings. The van der Waals surface area contributed by atoms with Crippen molar-refractivity contribution in [1.82, 2.24) is 14.9 Å². The number of benzene rings is 1. The van der Waals surface area contributed by atoms with Crippen LogP contribution in [0.25, 0.3) is 11.0 Å². The van der Waals surface area contributed by atoms with Crippen LogP contribution in [-0.2, 0) is 18.4 Å². The summed E-state index contributed by atoms with van der Waals surface area (Å²) in [6, 6.07) is 8.02. The number of para-hydroxylation sites is 2. The first-order chi connectivity index (χ1) is 10.8. The summed E-state index contributed by atoms with van der Waals surface area (Å²) in [5.41, 5.74) is 3.38. The molecule has 2 unspecified atom stereocenters. The van der Waals surface area contributed by atoms with Gasteiger partial charge >= 0.3 is 0 Å². The number of carbonyl (C=O) groups excluding carboxylic acids is 1. The summed E-state index contributed by atoms with van der Waals surface area (Å²) in [7, 11) is 1.99. The zero-order valence-electron chi connectivity index (χ0n) is 14.6. The SMILES string of the molecule is CC(C)=CC1C(C(=O)NCc2nc3ccccc3n2C)C1(C)C. The van der Waals surface area contributed by atoms with Crippen molar-refractivity contribution < 1.29 is 4.79 Å². The number of fused-ring (bicyclic) bond motifs is 1. The largest absolute Gasteiger partial charge is 0.349 e. The van der Waals surface area contributed by atoms with E-state index in [1.807, 2.05) is 35.9 Å². The number of aryl methyl sites for hydroxylation is 1. The number of carbonyl (C=O) groups is 1. The minimum Gasteiger partial charge on any atom is -0.349 e. The summed E-state index contributed by atoms with van der Waals surface area (Å²) in [4.78, 5) is 17.1. The van der Waals surface area contributed by atoms with Crippen LogP contribution in [0.2, 0.25) is 0 Å². The highest BCUT2D eigenvalue weighted by molar-refractivity contribution is 5.83. The monoisotopic (exact) mass is 311 g/mol. The average Bonchev–Trinajstić information content (AvgIpc) is 2.86. The van der Waals surface area contributed by atoms with Crippen LogP contribution in [0.4, 0.5) is 0 Å². The number of hydrogen-bond donors (Lipinski definition) is 1. The summed E-state index contributed by atoms with van der Waals surface area (Å²) in [5.74, 6) is 1.42. The van der Waals surface area contributed by atoms with Gasteiger partial charge in [0, 0.05) is 7.05 Å². The first-order valence-corrected chi connectivity index (χ1v) is 8.15. The Morgan fingerprint density at radius 3 is 2.70 bits per heavy atom. The number of allylic oxidation sites excluding steroid dienone is 2. The van der Waals surface area contributed by atoms with Crippen molar-refractivity contribution >= 4 is 16.9 Å². The molecule has 1 heterocycles. The maximum atomic E-state index is 12.5. The summed E-state index contributed by atoms with van der Waals surface area (Å²) < 4.78 is 2.04. The van der Waals surface area contributed by atoms with Crippen LogP contribution in [0.3, 0.4) is 0 Å². The van der Waals surface area contributed by atoms with E-state index in [4.69, 9.17) is 0 Å². The number of rotatable bonds is 4. The third-order valence-electron chi connectivity index (χ3n) is 5.01. The van der Waals surface area contributed by atoms with Gasteiger partial charge in [0.1, 0.15) is 5.82 Å². The lowest BCUT2D eigenvalue weighted by Crippen LogP contribution is -2.27. The molecule has 0 aliphatic heterocycles. The fourth-order valence-electron chi connectivity index (χ4n) is 3.48. The van der Waals surface area contributed by atoms with E-state index in [9.17, 15) is 4.79 Å². The summed E-state index contributed by atoms with van der Waals surface area (Å²) >= 11 is 0. The molecule has 0 bridgehead atoms. The molecule has 2 atom stereocenters. The highest BCUT2D eigenvalue weighted by Gasteiger charge is 2.60. The van der Waals surface area contributed by atoms with E-state index in [1.165, 1.54) is 5.57 Å². The highest BCUT2D eigenvalue weighted by atomic mass is 16.2. The molecule has 4 nitrogen and oxygen atoms in total. The van der Waals surface area contributed by atoms with Crippen molar-refractivity contribution in [1.29, 1.82) is 0 Å². The smallest absolute Gasteiger partial charge is 0.224 e. The van der Waals surface area contributed by atoms with Crippen LogP contribution >= 0.6 is 0 Å². The maximum absolute atomic E-state index is 12.5. The number of imidazole rings is 1. The van der Waals surface area contributed by atoms with Crippen molar-refractivity contribution in [2.45, 2.75) is 34.2 Å². The maximum Gasteiger partial charge on any atom is 0.224 e. The van der Waals surface area contributed by atoms with Crippen molar-refractivity contribution in [3.8, 4) is 0 Å². The number of hydrogen-bond acceptors (Lipinski definition) is 2. The lowest BCUT2D eigenvalue weighted by molar-refractivity contribution is -0.123. The second-order valence-corrected chi connectivity index (χ2v) is 7.36. The van der Waals surface area contributed by atoms with Gasteiger partial charge in [-0.3, -0.25) is 4.79 Å². The normalized spacial score (nSPS) is 22.0. The number of nitrogens with one attached hydrogen (secondary N) is 1. The quantitative estimate of drug-likeness (QED) is 0.879. The first kappa shape index (κ1) is 15.8. The Balaban J connectivity index is 1.70. The van der Waals surface area contributed by atoms with Crippen LogP contribution in [-0.4, -0.2) is 15.5 Å². The molecule has 1 aromatic heterocycles. The zero-order valence-corrected chi connectivity index (χ0v) is 14.6. The molecule has 1 saturated carbocycles. The Bertz CT molecular complexity index is 781. The fraction of sp³-hybridized carbons (Fsp3) is 0.474. The molecule has 122 valence electrons. The number of nitrogens with zero attached hydrogens (tertiary/aromatic N) is 2. The van der Waals surface area contributed by atoms with E-state index in [1.54, 1.807) is 0 Å². The Labute approximate surface area is 137 Å². The Morgan fingerprint density at radius 1 is 1.35 bits per heavy atom. The minimum atomic E-state index is 0.0493. The van der Waals surface area contributed by atoms with Crippen LogP contribution < -0.4 is 5.32 Å².